The van der Waals surface area contributed by atoms with Gasteiger partial charge in [-0.1, -0.05) is 32.6 Å². The molecule has 0 spiro atoms. The number of H-pyrrole nitrogens is 1. The molecular formula is C9H17N3S. The molecule has 0 aliphatic carbocycles. The molecular weight excluding hydrogens is 182 g/mol. The van der Waals surface area contributed by atoms with Gasteiger partial charge in [0.25, 0.3) is 0 Å². The van der Waals surface area contributed by atoms with Crippen molar-refractivity contribution in [2.45, 2.75) is 44.1 Å². The first-order valence-electron chi connectivity index (χ1n) is 4.92. The molecule has 4 heteroatoms. The van der Waals surface area contributed by atoms with Gasteiger partial charge in [-0.3, -0.25) is 0 Å². The number of thioether (sulfide) groups is 1. The van der Waals surface area contributed by atoms with Gasteiger partial charge >= 0.3 is 0 Å². The molecule has 74 valence electrons. The van der Waals surface area contributed by atoms with E-state index in [9.17, 15) is 0 Å². The predicted molar refractivity (Wildman–Crippen MR) is 55.9 cm³/mol. The van der Waals surface area contributed by atoms with E-state index in [1.165, 1.54) is 32.1 Å². The van der Waals surface area contributed by atoms with E-state index in [1.54, 1.807) is 18.0 Å². The Balaban J connectivity index is 1.90. The van der Waals surface area contributed by atoms with Crippen LogP contribution in [-0.2, 0) is 0 Å². The number of hydrogen-bond donors (Lipinski definition) is 1. The van der Waals surface area contributed by atoms with Gasteiger partial charge in [0.05, 0.1) is 6.20 Å². The molecule has 1 rings (SSSR count). The molecule has 0 fully saturated rings. The number of rotatable bonds is 7. The van der Waals surface area contributed by atoms with E-state index in [0.29, 0.717) is 0 Å². The van der Waals surface area contributed by atoms with E-state index in [1.807, 2.05) is 0 Å². The molecule has 1 N–H and O–H groups in total. The fourth-order valence-corrected chi connectivity index (χ4v) is 1.93. The minimum absolute atomic E-state index is 1.01. The maximum Gasteiger partial charge on any atom is 0.138 e. The second-order valence-corrected chi connectivity index (χ2v) is 4.19. The second-order valence-electron chi connectivity index (χ2n) is 3.07. The van der Waals surface area contributed by atoms with Crippen LogP contribution in [0, 0.1) is 0 Å². The van der Waals surface area contributed by atoms with Crippen molar-refractivity contribution in [3.8, 4) is 0 Å². The van der Waals surface area contributed by atoms with Gasteiger partial charge in [0.2, 0.25) is 0 Å². The quantitative estimate of drug-likeness (QED) is 0.542. The number of nitrogens with one attached hydrogen (secondary N) is 1. The van der Waals surface area contributed by atoms with E-state index < -0.39 is 0 Å². The molecule has 1 aromatic heterocycles. The van der Waals surface area contributed by atoms with Crippen molar-refractivity contribution in [1.82, 2.24) is 15.4 Å². The average Bonchev–Trinajstić information content (AvgIpc) is 2.63. The summed E-state index contributed by atoms with van der Waals surface area (Å²) in [6.45, 7) is 2.24. The third kappa shape index (κ3) is 4.93. The van der Waals surface area contributed by atoms with Crippen LogP contribution < -0.4 is 0 Å². The van der Waals surface area contributed by atoms with Crippen molar-refractivity contribution < 1.29 is 0 Å². The third-order valence-corrected chi connectivity index (χ3v) is 2.88. The van der Waals surface area contributed by atoms with E-state index in [2.05, 4.69) is 22.3 Å². The van der Waals surface area contributed by atoms with Crippen LogP contribution in [0.3, 0.4) is 0 Å². The molecule has 0 bridgehead atoms. The van der Waals surface area contributed by atoms with Gasteiger partial charge in [-0.15, -0.1) is 16.9 Å². The van der Waals surface area contributed by atoms with Crippen LogP contribution in [-0.4, -0.2) is 21.2 Å². The first-order chi connectivity index (χ1) is 6.43. The van der Waals surface area contributed by atoms with Crippen LogP contribution in [0.1, 0.15) is 39.0 Å². The summed E-state index contributed by atoms with van der Waals surface area (Å²) in [6.07, 6.45) is 8.47. The second kappa shape index (κ2) is 6.95. The monoisotopic (exact) mass is 199 g/mol. The number of unbranched alkanes of at least 4 members (excludes halogenated alkanes) is 4. The Bertz CT molecular complexity index is 199. The molecule has 0 saturated carbocycles. The molecule has 1 heterocycles. The van der Waals surface area contributed by atoms with Gasteiger partial charge in [0.1, 0.15) is 5.03 Å². The summed E-state index contributed by atoms with van der Waals surface area (Å²) >= 11 is 1.78. The largest absolute Gasteiger partial charge is 0.197 e. The normalized spacial score (nSPS) is 10.5. The predicted octanol–water partition coefficient (Wildman–Crippen LogP) is 2.87. The van der Waals surface area contributed by atoms with E-state index in [-0.39, 0.29) is 0 Å². The maximum absolute atomic E-state index is 3.98. The molecule has 13 heavy (non-hydrogen) atoms. The van der Waals surface area contributed by atoms with Crippen LogP contribution in [0.5, 0.6) is 0 Å². The molecule has 0 aliphatic rings. The summed E-state index contributed by atoms with van der Waals surface area (Å²) in [7, 11) is 0. The van der Waals surface area contributed by atoms with Crippen molar-refractivity contribution >= 4 is 11.8 Å². The van der Waals surface area contributed by atoms with Gasteiger partial charge in [-0.05, 0) is 12.2 Å². The summed E-state index contributed by atoms with van der Waals surface area (Å²) < 4.78 is 0. The Kier molecular flexibility index (Phi) is 5.65. The van der Waals surface area contributed by atoms with Gasteiger partial charge in [0.15, 0.2) is 0 Å². The van der Waals surface area contributed by atoms with Crippen molar-refractivity contribution in [2.75, 3.05) is 5.75 Å². The first-order valence-corrected chi connectivity index (χ1v) is 5.90. The molecule has 0 radical (unpaired) electrons. The van der Waals surface area contributed by atoms with Crippen molar-refractivity contribution in [3.63, 3.8) is 0 Å². The molecule has 0 unspecified atom stereocenters. The summed E-state index contributed by atoms with van der Waals surface area (Å²) in [5.41, 5.74) is 0. The highest BCUT2D eigenvalue weighted by atomic mass is 32.2. The van der Waals surface area contributed by atoms with E-state index in [0.717, 1.165) is 10.8 Å². The number of hydrogen-bond acceptors (Lipinski definition) is 3. The first kappa shape index (κ1) is 10.6. The van der Waals surface area contributed by atoms with Gasteiger partial charge < -0.3 is 0 Å². The highest BCUT2D eigenvalue weighted by Crippen LogP contribution is 2.15. The molecule has 0 saturated heterocycles. The zero-order valence-electron chi connectivity index (χ0n) is 8.12. The minimum atomic E-state index is 1.01. The summed E-state index contributed by atoms with van der Waals surface area (Å²) in [5, 5.41) is 11.4. The number of nitrogens with zero attached hydrogens (tertiary/aromatic N) is 2. The van der Waals surface area contributed by atoms with E-state index in [4.69, 9.17) is 0 Å². The summed E-state index contributed by atoms with van der Waals surface area (Å²) in [4.78, 5) is 0. The van der Waals surface area contributed by atoms with Crippen LogP contribution in [0.15, 0.2) is 11.2 Å². The van der Waals surface area contributed by atoms with Crippen molar-refractivity contribution in [3.05, 3.63) is 6.20 Å². The topological polar surface area (TPSA) is 41.6 Å². The maximum atomic E-state index is 3.98. The molecule has 0 amide bonds. The molecule has 0 atom stereocenters. The van der Waals surface area contributed by atoms with Gasteiger partial charge in [-0.25, -0.2) is 0 Å². The Labute approximate surface area is 83.7 Å². The van der Waals surface area contributed by atoms with Gasteiger partial charge in [-0.2, -0.15) is 10.3 Å². The lowest BCUT2D eigenvalue weighted by molar-refractivity contribution is 0.659. The molecule has 0 aromatic carbocycles. The number of aromatic nitrogens is 3. The third-order valence-electron chi connectivity index (χ3n) is 1.89. The van der Waals surface area contributed by atoms with Crippen LogP contribution in [0.25, 0.3) is 0 Å². The lowest BCUT2D eigenvalue weighted by Crippen LogP contribution is -1.82. The lowest BCUT2D eigenvalue weighted by atomic mass is 10.2. The highest BCUT2D eigenvalue weighted by molar-refractivity contribution is 7.99. The minimum Gasteiger partial charge on any atom is -0.197 e. The fraction of sp³-hybridized carbons (Fsp3) is 0.778. The Morgan fingerprint density at radius 2 is 2.15 bits per heavy atom. The molecule has 3 nitrogen and oxygen atoms in total. The number of aromatic amines is 1. The van der Waals surface area contributed by atoms with Crippen molar-refractivity contribution in [1.29, 1.82) is 0 Å². The lowest BCUT2D eigenvalue weighted by Gasteiger charge is -1.97. The SMILES string of the molecule is CCCCCCCSc1cn[nH]n1. The Morgan fingerprint density at radius 1 is 1.31 bits per heavy atom. The summed E-state index contributed by atoms with van der Waals surface area (Å²) in [6, 6.07) is 0. The molecule has 1 aromatic rings. The Morgan fingerprint density at radius 3 is 2.85 bits per heavy atom. The molecule has 0 aliphatic heterocycles. The highest BCUT2D eigenvalue weighted by Gasteiger charge is 1.95. The van der Waals surface area contributed by atoms with Gasteiger partial charge in [0, 0.05) is 0 Å². The zero-order valence-corrected chi connectivity index (χ0v) is 8.94. The fourth-order valence-electron chi connectivity index (χ4n) is 1.14. The summed E-state index contributed by atoms with van der Waals surface area (Å²) in [5.74, 6) is 1.16. The van der Waals surface area contributed by atoms with Crippen LogP contribution >= 0.6 is 11.8 Å². The standard InChI is InChI=1S/C9H17N3S/c1-2-3-4-5-6-7-13-9-8-10-12-11-9/h8H,2-7H2,1H3,(H,10,11,12). The van der Waals surface area contributed by atoms with E-state index >= 15 is 0 Å². The Hall–Kier alpha value is -0.510. The van der Waals surface area contributed by atoms with Crippen LogP contribution in [0.4, 0.5) is 0 Å². The smallest absolute Gasteiger partial charge is 0.138 e. The van der Waals surface area contributed by atoms with Crippen molar-refractivity contribution in [2.24, 2.45) is 0 Å². The van der Waals surface area contributed by atoms with Crippen LogP contribution in [0.2, 0.25) is 0 Å². The average molecular weight is 199 g/mol. The zero-order chi connectivity index (χ0) is 9.36.